The van der Waals surface area contributed by atoms with E-state index in [2.05, 4.69) is 10.3 Å². The summed E-state index contributed by atoms with van der Waals surface area (Å²) in [4.78, 5) is 4.16. The number of rotatable bonds is 2. The maximum Gasteiger partial charge on any atom is 0.266 e. The first-order valence-corrected chi connectivity index (χ1v) is 5.05. The number of nitrogens with zero attached hydrogens (tertiary/aromatic N) is 1. The van der Waals surface area contributed by atoms with Crippen molar-refractivity contribution in [3.05, 3.63) is 42.1 Å². The Labute approximate surface area is 87.9 Å². The number of pyridine rings is 1. The van der Waals surface area contributed by atoms with Gasteiger partial charge in [-0.2, -0.15) is 0 Å². The van der Waals surface area contributed by atoms with Gasteiger partial charge in [0.05, 0.1) is 0 Å². The normalized spacial score (nSPS) is 20.8. The zero-order valence-corrected chi connectivity index (χ0v) is 8.22. The van der Waals surface area contributed by atoms with Crippen LogP contribution in [0.15, 0.2) is 31.0 Å². The second-order valence-corrected chi connectivity index (χ2v) is 3.74. The molecule has 0 bridgehead atoms. The number of aromatic nitrogens is 1. The van der Waals surface area contributed by atoms with Crippen LogP contribution in [0.4, 0.5) is 0 Å². The molecule has 0 radical (unpaired) electrons. The third-order valence-corrected chi connectivity index (χ3v) is 2.82. The molecule has 1 fully saturated rings. The minimum atomic E-state index is -0.288. The summed E-state index contributed by atoms with van der Waals surface area (Å²) in [7, 11) is 0. The van der Waals surface area contributed by atoms with Gasteiger partial charge in [0.2, 0.25) is 0 Å². The second-order valence-electron chi connectivity index (χ2n) is 3.74. The predicted molar refractivity (Wildman–Crippen MR) is 53.9 cm³/mol. The Bertz CT molecular complexity index is 380. The van der Waals surface area contributed by atoms with Crippen molar-refractivity contribution in [2.45, 2.75) is 12.2 Å². The Hall–Kier alpha value is -1.55. The van der Waals surface area contributed by atoms with Crippen LogP contribution in [0.3, 0.4) is 0 Å². The quantitative estimate of drug-likeness (QED) is 0.788. The van der Waals surface area contributed by atoms with E-state index < -0.39 is 0 Å². The average Bonchev–Trinajstić information content (AvgIpc) is 2.69. The molecule has 1 aromatic heterocycles. The van der Waals surface area contributed by atoms with Crippen molar-refractivity contribution >= 4 is 0 Å². The van der Waals surface area contributed by atoms with E-state index in [-0.39, 0.29) is 6.29 Å². The van der Waals surface area contributed by atoms with Crippen molar-refractivity contribution in [1.29, 1.82) is 0 Å². The van der Waals surface area contributed by atoms with Crippen molar-refractivity contribution in [3.8, 4) is 0 Å². The molecule has 0 spiro atoms. The van der Waals surface area contributed by atoms with Crippen molar-refractivity contribution in [1.82, 2.24) is 10.3 Å². The molecule has 1 saturated heterocycles. The molecular formula is C11H12N2O2. The Morgan fingerprint density at radius 1 is 1.20 bits per heavy atom. The maximum absolute atomic E-state index is 5.35. The van der Waals surface area contributed by atoms with Crippen molar-refractivity contribution in [2.24, 2.45) is 0 Å². The minimum Gasteiger partial charge on any atom is -0.455 e. The highest BCUT2D eigenvalue weighted by Crippen LogP contribution is 2.31. The third kappa shape index (κ3) is 1.47. The van der Waals surface area contributed by atoms with Crippen LogP contribution in [0.5, 0.6) is 0 Å². The molecular weight excluding hydrogens is 192 g/mol. The lowest BCUT2D eigenvalue weighted by Gasteiger charge is -2.29. The van der Waals surface area contributed by atoms with Crippen LogP contribution in [-0.4, -0.2) is 18.1 Å². The average molecular weight is 204 g/mol. The highest BCUT2D eigenvalue weighted by Gasteiger charge is 2.27. The lowest BCUT2D eigenvalue weighted by molar-refractivity contribution is -0.0257. The summed E-state index contributed by atoms with van der Waals surface area (Å²) in [5.74, 6) is 0.543. The second kappa shape index (κ2) is 3.55. The molecule has 0 aromatic carbocycles. The van der Waals surface area contributed by atoms with Crippen LogP contribution in [0.1, 0.15) is 23.3 Å². The molecule has 78 valence electrons. The van der Waals surface area contributed by atoms with Crippen molar-refractivity contribution in [2.75, 3.05) is 13.1 Å². The predicted octanol–water partition coefficient (Wildman–Crippen LogP) is 1.28. The smallest absolute Gasteiger partial charge is 0.266 e. The Morgan fingerprint density at radius 3 is 2.67 bits per heavy atom. The van der Waals surface area contributed by atoms with Gasteiger partial charge in [0.1, 0.15) is 12.5 Å². The monoisotopic (exact) mass is 204 g/mol. The Balaban J connectivity index is 1.91. The Kier molecular flexibility index (Phi) is 2.07. The zero-order valence-electron chi connectivity index (χ0n) is 8.22. The summed E-state index contributed by atoms with van der Waals surface area (Å²) in [5.41, 5.74) is 2.31. The van der Waals surface area contributed by atoms with Gasteiger partial charge in [0, 0.05) is 37.0 Å². The standard InChI is InChI=1S/C11H12N2O2/c1-2-12-7-10(8-5-13-6-8)9(1)11-14-3-4-15-11/h1-4,7-8,11,13H,5-6H2. The summed E-state index contributed by atoms with van der Waals surface area (Å²) in [6.07, 6.45) is 6.55. The summed E-state index contributed by atoms with van der Waals surface area (Å²) in [6, 6.07) is 1.96. The zero-order chi connectivity index (χ0) is 10.1. The molecule has 1 aromatic rings. The number of ether oxygens (including phenoxy) is 2. The van der Waals surface area contributed by atoms with E-state index in [1.807, 2.05) is 12.3 Å². The van der Waals surface area contributed by atoms with E-state index in [0.29, 0.717) is 5.92 Å². The molecule has 2 aliphatic rings. The molecule has 0 aliphatic carbocycles. The van der Waals surface area contributed by atoms with Crippen LogP contribution >= 0.6 is 0 Å². The summed E-state index contributed by atoms with van der Waals surface area (Å²) < 4.78 is 10.7. The van der Waals surface area contributed by atoms with Gasteiger partial charge in [-0.1, -0.05) is 0 Å². The maximum atomic E-state index is 5.35. The van der Waals surface area contributed by atoms with Gasteiger partial charge in [-0.3, -0.25) is 4.98 Å². The van der Waals surface area contributed by atoms with E-state index in [4.69, 9.17) is 9.47 Å². The molecule has 0 amide bonds. The van der Waals surface area contributed by atoms with Gasteiger partial charge < -0.3 is 14.8 Å². The first-order valence-electron chi connectivity index (χ1n) is 5.05. The summed E-state index contributed by atoms with van der Waals surface area (Å²) in [5, 5.41) is 3.25. The lowest BCUT2D eigenvalue weighted by Crippen LogP contribution is -2.40. The first kappa shape index (κ1) is 8.73. The molecule has 4 nitrogen and oxygen atoms in total. The van der Waals surface area contributed by atoms with Crippen LogP contribution in [0.2, 0.25) is 0 Å². The van der Waals surface area contributed by atoms with E-state index >= 15 is 0 Å². The van der Waals surface area contributed by atoms with Gasteiger partial charge in [0.25, 0.3) is 6.29 Å². The van der Waals surface area contributed by atoms with Gasteiger partial charge in [-0.05, 0) is 11.6 Å². The Morgan fingerprint density at radius 2 is 2.00 bits per heavy atom. The summed E-state index contributed by atoms with van der Waals surface area (Å²) in [6.45, 7) is 2.03. The number of hydrogen-bond acceptors (Lipinski definition) is 4. The third-order valence-electron chi connectivity index (χ3n) is 2.82. The van der Waals surface area contributed by atoms with E-state index in [0.717, 1.165) is 18.7 Å². The fourth-order valence-corrected chi connectivity index (χ4v) is 1.87. The van der Waals surface area contributed by atoms with Gasteiger partial charge >= 0.3 is 0 Å². The van der Waals surface area contributed by atoms with Crippen LogP contribution in [0.25, 0.3) is 0 Å². The molecule has 1 N–H and O–H groups in total. The number of nitrogens with one attached hydrogen (secondary N) is 1. The van der Waals surface area contributed by atoms with E-state index in [9.17, 15) is 0 Å². The molecule has 3 rings (SSSR count). The van der Waals surface area contributed by atoms with E-state index in [1.54, 1.807) is 18.7 Å². The van der Waals surface area contributed by atoms with E-state index in [1.165, 1.54) is 5.56 Å². The lowest BCUT2D eigenvalue weighted by atomic mass is 9.91. The van der Waals surface area contributed by atoms with Crippen LogP contribution in [0, 0.1) is 0 Å². The van der Waals surface area contributed by atoms with Crippen molar-refractivity contribution in [3.63, 3.8) is 0 Å². The fourth-order valence-electron chi connectivity index (χ4n) is 1.87. The molecule has 4 heteroatoms. The SMILES string of the molecule is C1=COC(c2ccncc2C2CNC2)O1. The van der Waals surface area contributed by atoms with Crippen LogP contribution < -0.4 is 5.32 Å². The van der Waals surface area contributed by atoms with Crippen LogP contribution in [-0.2, 0) is 9.47 Å². The summed E-state index contributed by atoms with van der Waals surface area (Å²) >= 11 is 0. The van der Waals surface area contributed by atoms with Gasteiger partial charge in [-0.15, -0.1) is 0 Å². The minimum absolute atomic E-state index is 0.288. The fraction of sp³-hybridized carbons (Fsp3) is 0.364. The molecule has 0 atom stereocenters. The van der Waals surface area contributed by atoms with Gasteiger partial charge in [-0.25, -0.2) is 0 Å². The highest BCUT2D eigenvalue weighted by atomic mass is 16.7. The molecule has 2 aliphatic heterocycles. The largest absolute Gasteiger partial charge is 0.455 e. The molecule has 0 unspecified atom stereocenters. The molecule has 15 heavy (non-hydrogen) atoms. The topological polar surface area (TPSA) is 43.4 Å². The highest BCUT2D eigenvalue weighted by molar-refractivity contribution is 5.31. The number of hydrogen-bond donors (Lipinski definition) is 1. The van der Waals surface area contributed by atoms with Gasteiger partial charge in [0.15, 0.2) is 0 Å². The molecule has 3 heterocycles. The first-order chi connectivity index (χ1) is 7.45. The van der Waals surface area contributed by atoms with Crippen molar-refractivity contribution < 1.29 is 9.47 Å². The molecule has 0 saturated carbocycles.